The van der Waals surface area contributed by atoms with Gasteiger partial charge in [0.1, 0.15) is 5.82 Å². The van der Waals surface area contributed by atoms with Crippen LogP contribution in [0.2, 0.25) is 0 Å². The lowest BCUT2D eigenvalue weighted by molar-refractivity contribution is 0.463. The molecule has 0 fully saturated rings. The summed E-state index contributed by atoms with van der Waals surface area (Å²) in [4.78, 5) is 2.22. The van der Waals surface area contributed by atoms with E-state index in [4.69, 9.17) is 0 Å². The molecule has 1 unspecified atom stereocenters. The third-order valence-corrected chi connectivity index (χ3v) is 6.54. The van der Waals surface area contributed by atoms with Crippen LogP contribution in [0.1, 0.15) is 62.1 Å². The zero-order chi connectivity index (χ0) is 28.0. The molecule has 0 radical (unpaired) electrons. The predicted molar refractivity (Wildman–Crippen MR) is 169 cm³/mol. The van der Waals surface area contributed by atoms with E-state index in [0.717, 1.165) is 53.2 Å². The van der Waals surface area contributed by atoms with Gasteiger partial charge in [-0.2, -0.15) is 5.10 Å². The van der Waals surface area contributed by atoms with Crippen molar-refractivity contribution in [3.8, 4) is 0 Å². The molecule has 0 saturated carbocycles. The average molecular weight is 519 g/mol. The fourth-order valence-electron chi connectivity index (χ4n) is 3.80. The van der Waals surface area contributed by atoms with Gasteiger partial charge in [-0.15, -0.1) is 9.24 Å². The largest absolute Gasteiger partial charge is 0.375 e. The summed E-state index contributed by atoms with van der Waals surface area (Å²) in [5.74, 6) is 0.926. The molecule has 1 atom stereocenters. The number of rotatable bonds is 10. The summed E-state index contributed by atoms with van der Waals surface area (Å²) in [6, 6.07) is 16.7. The van der Waals surface area contributed by atoms with Gasteiger partial charge in [0.2, 0.25) is 0 Å². The van der Waals surface area contributed by atoms with Gasteiger partial charge >= 0.3 is 0 Å². The van der Waals surface area contributed by atoms with E-state index in [2.05, 4.69) is 114 Å². The monoisotopic (exact) mass is 518 g/mol. The van der Waals surface area contributed by atoms with E-state index in [1.54, 1.807) is 0 Å². The lowest BCUT2D eigenvalue weighted by Crippen LogP contribution is -2.25. The molecule has 5 heteroatoms. The summed E-state index contributed by atoms with van der Waals surface area (Å²) < 4.78 is 1.95. The van der Waals surface area contributed by atoms with Crippen molar-refractivity contribution in [1.82, 2.24) is 20.0 Å². The highest BCUT2D eigenvalue weighted by atomic mass is 31.0. The van der Waals surface area contributed by atoms with Gasteiger partial charge in [-0.3, -0.25) is 0 Å². The molecular weight excluding hydrogens is 471 g/mol. The van der Waals surface area contributed by atoms with E-state index >= 15 is 0 Å². The molecule has 0 saturated heterocycles. The first-order chi connectivity index (χ1) is 17.8. The number of nitrogens with one attached hydrogen (secondary N) is 1. The minimum absolute atomic E-state index is 0.809. The van der Waals surface area contributed by atoms with Crippen molar-refractivity contribution < 1.29 is 0 Å². The second kappa shape index (κ2) is 16.6. The summed E-state index contributed by atoms with van der Waals surface area (Å²) >= 11 is 0. The lowest BCUT2D eigenvalue weighted by Gasteiger charge is -2.23. The van der Waals surface area contributed by atoms with Crippen LogP contribution in [0.15, 0.2) is 74.0 Å². The second-order valence-corrected chi connectivity index (χ2v) is 9.05. The van der Waals surface area contributed by atoms with E-state index in [-0.39, 0.29) is 0 Å². The van der Waals surface area contributed by atoms with Crippen molar-refractivity contribution in [1.29, 1.82) is 0 Å². The normalized spacial score (nSPS) is 10.5. The van der Waals surface area contributed by atoms with Crippen molar-refractivity contribution in [3.05, 3.63) is 102 Å². The number of nitrogens with zero attached hydrogens (tertiary/aromatic N) is 3. The van der Waals surface area contributed by atoms with Gasteiger partial charge in [0.15, 0.2) is 0 Å². The molecular formula is C32H47N4P. The Morgan fingerprint density at radius 1 is 0.946 bits per heavy atom. The van der Waals surface area contributed by atoms with Gasteiger partial charge in [-0.05, 0) is 55.5 Å². The minimum Gasteiger partial charge on any atom is -0.375 e. The van der Waals surface area contributed by atoms with Crippen molar-refractivity contribution in [2.45, 2.75) is 54.9 Å². The zero-order valence-corrected chi connectivity index (χ0v) is 25.4. The Balaban J connectivity index is 0.00000163. The van der Waals surface area contributed by atoms with Gasteiger partial charge in [0.05, 0.1) is 6.20 Å². The number of aryl methyl sites for hydroxylation is 2. The van der Waals surface area contributed by atoms with Crippen LogP contribution < -0.4 is 10.6 Å². The summed E-state index contributed by atoms with van der Waals surface area (Å²) in [6.07, 6.45) is 4.91. The molecule has 37 heavy (non-hydrogen) atoms. The van der Waals surface area contributed by atoms with Crippen molar-refractivity contribution >= 4 is 31.6 Å². The maximum Gasteiger partial charge on any atom is 0.128 e. The van der Waals surface area contributed by atoms with Gasteiger partial charge in [0.25, 0.3) is 0 Å². The van der Waals surface area contributed by atoms with E-state index in [9.17, 15) is 0 Å². The van der Waals surface area contributed by atoms with Crippen LogP contribution in [0.3, 0.4) is 0 Å². The molecule has 0 amide bonds. The Bertz CT molecular complexity index is 1170. The van der Waals surface area contributed by atoms with Gasteiger partial charge in [-0.1, -0.05) is 89.4 Å². The summed E-state index contributed by atoms with van der Waals surface area (Å²) in [7, 11) is 4.85. The number of benzene rings is 2. The molecule has 1 heterocycles. The third kappa shape index (κ3) is 9.05. The molecule has 1 N–H and O–H groups in total. The molecule has 3 aromatic rings. The highest BCUT2D eigenvalue weighted by Crippen LogP contribution is 2.21. The van der Waals surface area contributed by atoms with E-state index in [1.807, 2.05) is 44.6 Å². The Labute approximate surface area is 228 Å². The Kier molecular flexibility index (Phi) is 14.3. The second-order valence-electron chi connectivity index (χ2n) is 8.43. The molecule has 0 aliphatic heterocycles. The molecule has 0 aliphatic carbocycles. The van der Waals surface area contributed by atoms with Gasteiger partial charge in [0, 0.05) is 42.4 Å². The fraction of sp³-hybridized carbons (Fsp3) is 0.344. The first-order valence-corrected chi connectivity index (χ1v) is 13.8. The summed E-state index contributed by atoms with van der Waals surface area (Å²) in [5.41, 5.74) is 7.88. The lowest BCUT2D eigenvalue weighted by atomic mass is 10.0. The molecule has 0 bridgehead atoms. The van der Waals surface area contributed by atoms with Gasteiger partial charge in [-0.25, -0.2) is 4.68 Å². The van der Waals surface area contributed by atoms with Crippen molar-refractivity contribution in [2.75, 3.05) is 20.1 Å². The van der Waals surface area contributed by atoms with Crippen molar-refractivity contribution in [3.63, 3.8) is 0 Å². The maximum atomic E-state index is 4.58. The molecule has 0 aliphatic rings. The van der Waals surface area contributed by atoms with Crippen molar-refractivity contribution in [2.24, 2.45) is 0 Å². The highest BCUT2D eigenvalue weighted by Gasteiger charge is 2.11. The number of hydrogen-bond donors (Lipinski definition) is 1. The van der Waals surface area contributed by atoms with Crippen LogP contribution in [0.4, 0.5) is 0 Å². The Morgan fingerprint density at radius 2 is 1.49 bits per heavy atom. The SMILES string of the molecule is C=C(/C=C(/NCCCN(C)C(=C)c1ccccc1C)n1ncc(P)c1C)c1ccccc1C.CC.CC. The number of allylic oxidation sites excluding steroid dienone is 2. The first kappa shape index (κ1) is 31.9. The van der Waals surface area contributed by atoms with Gasteiger partial charge < -0.3 is 10.2 Å². The number of hydrogen-bond acceptors (Lipinski definition) is 3. The summed E-state index contributed by atoms with van der Waals surface area (Å²) in [5, 5.41) is 9.25. The number of aromatic nitrogens is 2. The molecule has 2 aromatic carbocycles. The Morgan fingerprint density at radius 3 is 2.00 bits per heavy atom. The molecule has 1 aromatic heterocycles. The average Bonchev–Trinajstić information content (AvgIpc) is 3.25. The molecule has 0 spiro atoms. The van der Waals surface area contributed by atoms with E-state index in [0.29, 0.717) is 0 Å². The summed E-state index contributed by atoms with van der Waals surface area (Å²) in [6.45, 7) is 24.7. The standard InChI is InChI=1S/C28H35N4P.2C2H6/c1-20-12-7-9-14-25(20)22(3)18-28(32-24(5)27(33)19-30-32)29-16-11-17-31(6)23(4)26-15-10-8-13-21(26)2;2*1-2/h7-10,12-15,18-19,29H,3-4,11,16-17,33H2,1-2,5-6H3;2*1-2H3/b28-18-;;. The highest BCUT2D eigenvalue weighted by molar-refractivity contribution is 7.27. The first-order valence-electron chi connectivity index (χ1n) is 13.3. The van der Waals surface area contributed by atoms with Crippen LogP contribution in [0.5, 0.6) is 0 Å². The van der Waals surface area contributed by atoms with Crippen LogP contribution >= 0.6 is 9.24 Å². The smallest absolute Gasteiger partial charge is 0.128 e. The van der Waals surface area contributed by atoms with E-state index < -0.39 is 0 Å². The van der Waals surface area contributed by atoms with E-state index in [1.165, 1.54) is 16.7 Å². The molecule has 3 rings (SSSR count). The minimum atomic E-state index is 0.809. The van der Waals surface area contributed by atoms with Crippen LogP contribution in [0, 0.1) is 20.8 Å². The maximum absolute atomic E-state index is 4.58. The fourth-order valence-corrected chi connectivity index (χ4v) is 3.99. The molecule has 4 nitrogen and oxygen atoms in total. The topological polar surface area (TPSA) is 33.1 Å². The quantitative estimate of drug-likeness (QED) is 0.172. The van der Waals surface area contributed by atoms with Crippen LogP contribution in [0.25, 0.3) is 17.1 Å². The van der Waals surface area contributed by atoms with Crippen LogP contribution in [-0.2, 0) is 0 Å². The Hall–Kier alpha value is -3.10. The van der Waals surface area contributed by atoms with Crippen LogP contribution in [-0.4, -0.2) is 34.8 Å². The third-order valence-electron chi connectivity index (χ3n) is 5.97. The zero-order valence-electron chi connectivity index (χ0n) is 24.2. The predicted octanol–water partition coefficient (Wildman–Crippen LogP) is 7.46. The molecule has 200 valence electrons.